The van der Waals surface area contributed by atoms with Crippen LogP contribution in [0.2, 0.25) is 0 Å². The highest BCUT2D eigenvalue weighted by molar-refractivity contribution is 5.90. The Morgan fingerprint density at radius 3 is 2.83 bits per heavy atom. The number of likely N-dealkylation sites (tertiary alicyclic amines) is 1. The molecule has 3 rings (SSSR count). The van der Waals surface area contributed by atoms with Crippen molar-refractivity contribution in [1.82, 2.24) is 25.5 Å². The lowest BCUT2D eigenvalue weighted by atomic mass is 9.85. The van der Waals surface area contributed by atoms with E-state index in [2.05, 4.69) is 26.7 Å². The number of fused-ring (bicyclic) bond motifs is 1. The number of carbonyl (C=O) groups excluding carboxylic acids is 2. The lowest BCUT2D eigenvalue weighted by Crippen LogP contribution is -2.58. The Bertz CT molecular complexity index is 869. The van der Waals surface area contributed by atoms with Crippen molar-refractivity contribution in [2.45, 2.75) is 65.1 Å². The number of hydrogen-bond acceptors (Lipinski definition) is 4. The zero-order valence-corrected chi connectivity index (χ0v) is 18.1. The van der Waals surface area contributed by atoms with E-state index in [1.54, 1.807) is 20.2 Å². The van der Waals surface area contributed by atoms with Crippen molar-refractivity contribution in [2.75, 3.05) is 13.6 Å². The minimum absolute atomic E-state index is 0.00891. The summed E-state index contributed by atoms with van der Waals surface area (Å²) in [5.41, 5.74) is 1.68. The molecule has 0 bridgehead atoms. The van der Waals surface area contributed by atoms with Gasteiger partial charge in [-0.3, -0.25) is 9.59 Å². The first kappa shape index (κ1) is 21.3. The molecule has 1 aliphatic rings. The summed E-state index contributed by atoms with van der Waals surface area (Å²) in [5, 5.41) is 7.03. The second-order valence-corrected chi connectivity index (χ2v) is 9.06. The summed E-state index contributed by atoms with van der Waals surface area (Å²) < 4.78 is 0. The van der Waals surface area contributed by atoms with E-state index < -0.39 is 6.04 Å². The molecule has 7 nitrogen and oxygen atoms in total. The molecule has 0 spiro atoms. The number of amides is 2. The Balaban J connectivity index is 1.78. The molecule has 3 N–H and O–H groups in total. The number of aromatic nitrogens is 2. The van der Waals surface area contributed by atoms with Gasteiger partial charge in [-0.2, -0.15) is 0 Å². The minimum Gasteiger partial charge on any atom is -0.346 e. The van der Waals surface area contributed by atoms with E-state index in [9.17, 15) is 9.59 Å². The van der Waals surface area contributed by atoms with Gasteiger partial charge < -0.3 is 20.5 Å². The Morgan fingerprint density at radius 1 is 1.38 bits per heavy atom. The zero-order valence-electron chi connectivity index (χ0n) is 18.1. The number of nitrogens with zero attached hydrogens (tertiary/aromatic N) is 2. The van der Waals surface area contributed by atoms with Crippen LogP contribution in [0.5, 0.6) is 0 Å². The summed E-state index contributed by atoms with van der Waals surface area (Å²) in [6.07, 6.45) is 6.51. The van der Waals surface area contributed by atoms with Gasteiger partial charge in [0, 0.05) is 30.4 Å². The van der Waals surface area contributed by atoms with Gasteiger partial charge in [0.25, 0.3) is 0 Å². The molecule has 2 aromatic heterocycles. The van der Waals surface area contributed by atoms with Crippen LogP contribution in [0, 0.1) is 5.41 Å². The molecular formula is C22H33N5O2. The summed E-state index contributed by atoms with van der Waals surface area (Å²) in [7, 11) is 1.74. The van der Waals surface area contributed by atoms with Crippen molar-refractivity contribution in [2.24, 2.45) is 5.41 Å². The molecule has 1 saturated heterocycles. The van der Waals surface area contributed by atoms with E-state index in [1.807, 2.05) is 37.9 Å². The predicted molar refractivity (Wildman–Crippen MR) is 114 cm³/mol. The van der Waals surface area contributed by atoms with Crippen LogP contribution in [-0.4, -0.2) is 58.4 Å². The largest absolute Gasteiger partial charge is 0.346 e. The molecule has 2 amide bonds. The summed E-state index contributed by atoms with van der Waals surface area (Å²) in [6.45, 7) is 8.51. The van der Waals surface area contributed by atoms with Crippen LogP contribution in [0.25, 0.3) is 11.0 Å². The number of carbonyl (C=O) groups is 2. The van der Waals surface area contributed by atoms with Gasteiger partial charge in [0.05, 0.1) is 6.04 Å². The minimum atomic E-state index is -0.559. The van der Waals surface area contributed by atoms with Crippen LogP contribution < -0.4 is 10.6 Å². The molecule has 0 radical (unpaired) electrons. The second-order valence-electron chi connectivity index (χ2n) is 9.06. The topological polar surface area (TPSA) is 90.1 Å². The van der Waals surface area contributed by atoms with Crippen molar-refractivity contribution in [3.8, 4) is 0 Å². The number of rotatable bonds is 6. The van der Waals surface area contributed by atoms with Crippen molar-refractivity contribution in [1.29, 1.82) is 0 Å². The maximum atomic E-state index is 13.5. The molecule has 0 saturated carbocycles. The average molecular weight is 400 g/mol. The van der Waals surface area contributed by atoms with Crippen LogP contribution in [-0.2, 0) is 16.0 Å². The summed E-state index contributed by atoms with van der Waals surface area (Å²) in [6, 6.07) is 3.22. The lowest BCUT2D eigenvalue weighted by molar-refractivity contribution is -0.140. The van der Waals surface area contributed by atoms with Crippen molar-refractivity contribution in [3.63, 3.8) is 0 Å². The number of hydrogen-bond donors (Lipinski definition) is 3. The highest BCUT2D eigenvalue weighted by atomic mass is 16.2. The number of pyridine rings is 1. The number of aromatic amines is 1. The molecule has 158 valence electrons. The van der Waals surface area contributed by atoms with Crippen LogP contribution in [0.3, 0.4) is 0 Å². The van der Waals surface area contributed by atoms with E-state index >= 15 is 0 Å². The molecule has 7 heteroatoms. The SMILES string of the molecule is CN[C@@H](C)C(=O)NC(C(=O)N1CCCC1Cc1c[nH]c2ncccc12)C(C)(C)C. The smallest absolute Gasteiger partial charge is 0.245 e. The van der Waals surface area contributed by atoms with Crippen LogP contribution in [0.15, 0.2) is 24.5 Å². The van der Waals surface area contributed by atoms with Gasteiger partial charge in [0.2, 0.25) is 11.8 Å². The first-order valence-corrected chi connectivity index (χ1v) is 10.4. The fourth-order valence-corrected chi connectivity index (χ4v) is 3.99. The van der Waals surface area contributed by atoms with Gasteiger partial charge in [0.15, 0.2) is 0 Å². The first-order valence-electron chi connectivity index (χ1n) is 10.4. The Kier molecular flexibility index (Phi) is 6.27. The zero-order chi connectivity index (χ0) is 21.2. The van der Waals surface area contributed by atoms with Gasteiger partial charge in [-0.1, -0.05) is 20.8 Å². The average Bonchev–Trinajstić information content (AvgIpc) is 3.31. The quantitative estimate of drug-likeness (QED) is 0.695. The maximum Gasteiger partial charge on any atom is 0.245 e. The lowest BCUT2D eigenvalue weighted by Gasteiger charge is -2.36. The molecule has 0 aliphatic carbocycles. The van der Waals surface area contributed by atoms with Gasteiger partial charge in [-0.05, 0) is 56.3 Å². The number of nitrogens with one attached hydrogen (secondary N) is 3. The monoisotopic (exact) mass is 399 g/mol. The summed E-state index contributed by atoms with van der Waals surface area (Å²) in [4.78, 5) is 35.5. The van der Waals surface area contributed by atoms with Gasteiger partial charge in [-0.15, -0.1) is 0 Å². The standard InChI is InChI=1S/C22H33N5O2/c1-14(23-5)20(28)26-18(22(2,3)4)21(29)27-11-7-8-16(27)12-15-13-25-19-17(15)9-6-10-24-19/h6,9-10,13-14,16,18,23H,7-8,11-12H2,1-5H3,(H,24,25)(H,26,28)/t14-,16?,18?/m0/s1. The van der Waals surface area contributed by atoms with Gasteiger partial charge in [0.1, 0.15) is 11.7 Å². The first-order chi connectivity index (χ1) is 13.7. The van der Waals surface area contributed by atoms with Crippen LogP contribution in [0.1, 0.15) is 46.1 Å². The molecule has 0 aromatic carbocycles. The highest BCUT2D eigenvalue weighted by Gasteiger charge is 2.40. The van der Waals surface area contributed by atoms with Crippen LogP contribution >= 0.6 is 0 Å². The van der Waals surface area contributed by atoms with E-state index in [0.29, 0.717) is 0 Å². The van der Waals surface area contributed by atoms with E-state index in [0.717, 1.165) is 36.8 Å². The molecule has 3 atom stereocenters. The van der Waals surface area contributed by atoms with E-state index in [4.69, 9.17) is 0 Å². The summed E-state index contributed by atoms with van der Waals surface area (Å²) >= 11 is 0. The molecular weight excluding hydrogens is 366 g/mol. The van der Waals surface area contributed by atoms with E-state index in [1.165, 1.54) is 5.56 Å². The Hall–Kier alpha value is -2.41. The molecule has 3 heterocycles. The van der Waals surface area contributed by atoms with Crippen molar-refractivity contribution < 1.29 is 9.59 Å². The normalized spacial score (nSPS) is 19.3. The molecule has 1 fully saturated rings. The molecule has 2 unspecified atom stereocenters. The van der Waals surface area contributed by atoms with Gasteiger partial charge in [-0.25, -0.2) is 4.98 Å². The van der Waals surface area contributed by atoms with Crippen molar-refractivity contribution in [3.05, 3.63) is 30.1 Å². The third-order valence-corrected chi connectivity index (χ3v) is 5.88. The Morgan fingerprint density at radius 2 is 2.14 bits per heavy atom. The Labute approximate surface area is 172 Å². The number of likely N-dealkylation sites (N-methyl/N-ethyl adjacent to an activating group) is 1. The third-order valence-electron chi connectivity index (χ3n) is 5.88. The van der Waals surface area contributed by atoms with Crippen molar-refractivity contribution >= 4 is 22.8 Å². The molecule has 2 aromatic rings. The fourth-order valence-electron chi connectivity index (χ4n) is 3.99. The maximum absolute atomic E-state index is 13.5. The second kappa shape index (κ2) is 8.53. The molecule has 1 aliphatic heterocycles. The number of H-pyrrole nitrogens is 1. The molecule has 29 heavy (non-hydrogen) atoms. The highest BCUT2D eigenvalue weighted by Crippen LogP contribution is 2.28. The van der Waals surface area contributed by atoms with Crippen LogP contribution in [0.4, 0.5) is 0 Å². The van der Waals surface area contributed by atoms with Gasteiger partial charge >= 0.3 is 0 Å². The summed E-state index contributed by atoms with van der Waals surface area (Å²) in [5.74, 6) is -0.145. The third kappa shape index (κ3) is 4.61. The van der Waals surface area contributed by atoms with E-state index in [-0.39, 0.29) is 29.3 Å². The predicted octanol–water partition coefficient (Wildman–Crippen LogP) is 2.24. The fraction of sp³-hybridized carbons (Fsp3) is 0.591.